The molecule has 4 fully saturated rings. The fraction of sp³-hybridized carbons (Fsp3) is 0.469. The summed E-state index contributed by atoms with van der Waals surface area (Å²) in [7, 11) is 1.39. The Kier molecular flexibility index (Phi) is 8.93. The van der Waals surface area contributed by atoms with E-state index in [1.54, 1.807) is 0 Å². The second-order valence-electron chi connectivity index (χ2n) is 12.0. The molecule has 4 atom stereocenters. The van der Waals surface area contributed by atoms with E-state index < -0.39 is 23.7 Å². The molecule has 0 saturated carbocycles. The van der Waals surface area contributed by atoms with Crippen LogP contribution in [0.4, 0.5) is 32.8 Å². The molecule has 4 unspecified atom stereocenters. The van der Waals surface area contributed by atoms with Crippen LogP contribution in [-0.2, 0) is 6.18 Å². The fourth-order valence-electron chi connectivity index (χ4n) is 6.99. The predicted octanol–water partition coefficient (Wildman–Crippen LogP) is 4.40. The van der Waals surface area contributed by atoms with E-state index in [9.17, 15) is 27.2 Å². The maximum Gasteiger partial charge on any atom is 0.417 e. The van der Waals surface area contributed by atoms with Gasteiger partial charge in [-0.15, -0.1) is 11.3 Å². The minimum Gasteiger partial charge on any atom is -0.467 e. The summed E-state index contributed by atoms with van der Waals surface area (Å²) in [5.41, 5.74) is 4.73. The smallest absolute Gasteiger partial charge is 0.417 e. The van der Waals surface area contributed by atoms with Crippen LogP contribution in [0, 0.1) is 11.3 Å². The number of fused-ring (bicyclic) bond motifs is 4. The molecule has 1 aromatic carbocycles. The topological polar surface area (TPSA) is 103 Å². The Morgan fingerprint density at radius 3 is 2.57 bits per heavy atom. The quantitative estimate of drug-likeness (QED) is 0.398. The molecule has 244 valence electrons. The van der Waals surface area contributed by atoms with Crippen molar-refractivity contribution in [2.45, 2.75) is 62.6 Å². The van der Waals surface area contributed by atoms with E-state index in [2.05, 4.69) is 26.8 Å². The van der Waals surface area contributed by atoms with Crippen LogP contribution in [0.25, 0.3) is 22.8 Å². The number of nitrogens with one attached hydrogen (secondary N) is 1. The zero-order valence-electron chi connectivity index (χ0n) is 25.2. The molecule has 0 amide bonds. The van der Waals surface area contributed by atoms with Gasteiger partial charge in [0.15, 0.2) is 0 Å². The lowest BCUT2D eigenvalue weighted by atomic mass is 10.0. The van der Waals surface area contributed by atoms with Crippen molar-refractivity contribution in [3.05, 3.63) is 51.2 Å². The van der Waals surface area contributed by atoms with E-state index in [4.69, 9.17) is 10.5 Å². The minimum atomic E-state index is -4.76. The second-order valence-corrected chi connectivity index (χ2v) is 13.1. The molecule has 0 spiro atoms. The van der Waals surface area contributed by atoms with Crippen molar-refractivity contribution in [3.8, 4) is 12.1 Å². The number of nitrogens with zero attached hydrogens (tertiary/aromatic N) is 5. The number of benzene rings is 1. The Labute approximate surface area is 266 Å². The minimum absolute atomic E-state index is 0.00489. The monoisotopic (exact) mass is 659 g/mol. The number of allylic oxidation sites excluding steroid dienone is 1. The number of hydrogen-bond donors (Lipinski definition) is 2. The average molecular weight is 660 g/mol. The van der Waals surface area contributed by atoms with E-state index in [1.165, 1.54) is 26.0 Å². The molecule has 7 rings (SSSR count). The molecule has 0 aliphatic carbocycles. The van der Waals surface area contributed by atoms with Gasteiger partial charge in [0.1, 0.15) is 28.9 Å². The van der Waals surface area contributed by atoms with Gasteiger partial charge in [-0.25, -0.2) is 8.78 Å². The van der Waals surface area contributed by atoms with Crippen molar-refractivity contribution < 1.29 is 26.7 Å². The molecule has 4 aliphatic rings. The number of anilines is 2. The second kappa shape index (κ2) is 12.8. The van der Waals surface area contributed by atoms with Gasteiger partial charge in [-0.1, -0.05) is 6.58 Å². The summed E-state index contributed by atoms with van der Waals surface area (Å²) in [6, 6.07) is 5.22. The number of aromatic nitrogens is 2. The first kappa shape index (κ1) is 32.2. The van der Waals surface area contributed by atoms with Gasteiger partial charge in [-0.2, -0.15) is 28.4 Å². The molecule has 2 bridgehead atoms. The summed E-state index contributed by atoms with van der Waals surface area (Å²) in [4.78, 5) is 13.0. The number of nitrogens with two attached hydrogens (primary N) is 1. The van der Waals surface area contributed by atoms with Gasteiger partial charge in [0.25, 0.3) is 0 Å². The van der Waals surface area contributed by atoms with E-state index in [0.29, 0.717) is 31.5 Å². The molecular formula is C32H34F5N7OS. The van der Waals surface area contributed by atoms with Crippen molar-refractivity contribution in [2.75, 3.05) is 43.9 Å². The van der Waals surface area contributed by atoms with Gasteiger partial charge >= 0.3 is 12.2 Å². The maximum atomic E-state index is 14.5. The van der Waals surface area contributed by atoms with Gasteiger partial charge in [-0.05, 0) is 68.5 Å². The third kappa shape index (κ3) is 6.28. The molecule has 4 aliphatic heterocycles. The molecule has 2 aromatic heterocycles. The number of nitriles is 1. The van der Waals surface area contributed by atoms with Crippen LogP contribution >= 0.6 is 11.3 Å². The lowest BCUT2D eigenvalue weighted by Crippen LogP contribution is -2.51. The lowest BCUT2D eigenvalue weighted by molar-refractivity contribution is -0.137. The number of thiophene rings is 1. The molecule has 3 aromatic rings. The Morgan fingerprint density at radius 2 is 1.93 bits per heavy atom. The summed E-state index contributed by atoms with van der Waals surface area (Å²) in [5, 5.41) is 13.2. The van der Waals surface area contributed by atoms with Crippen molar-refractivity contribution in [2.24, 2.45) is 0 Å². The molecule has 14 heteroatoms. The van der Waals surface area contributed by atoms with Crippen LogP contribution in [0.1, 0.15) is 48.8 Å². The summed E-state index contributed by atoms with van der Waals surface area (Å²) in [6.45, 7) is 6.43. The SMILES string of the molecule is C=C/C(F)=c1/sc(N)c(C#N)/c1=C\c1cc2nc(OC)nc(N3CC4CCC(C3)N4)c2cc1C(F)(F)F.FC1CC2CCCN2C1. The molecule has 8 nitrogen and oxygen atoms in total. The summed E-state index contributed by atoms with van der Waals surface area (Å²) in [5.74, 6) is -0.431. The van der Waals surface area contributed by atoms with Crippen molar-refractivity contribution in [3.63, 3.8) is 0 Å². The van der Waals surface area contributed by atoms with Crippen LogP contribution in [0.2, 0.25) is 0 Å². The highest BCUT2D eigenvalue weighted by Gasteiger charge is 2.37. The van der Waals surface area contributed by atoms with Crippen LogP contribution < -0.4 is 30.4 Å². The van der Waals surface area contributed by atoms with Gasteiger partial charge < -0.3 is 20.7 Å². The van der Waals surface area contributed by atoms with Crippen LogP contribution in [0.5, 0.6) is 6.01 Å². The predicted molar refractivity (Wildman–Crippen MR) is 168 cm³/mol. The third-order valence-electron chi connectivity index (χ3n) is 9.07. The first-order chi connectivity index (χ1) is 22.0. The van der Waals surface area contributed by atoms with E-state index in [-0.39, 0.29) is 54.9 Å². The normalized spacial score (nSPS) is 25.2. The maximum absolute atomic E-state index is 14.5. The lowest BCUT2D eigenvalue weighted by Gasteiger charge is -2.34. The van der Waals surface area contributed by atoms with E-state index >= 15 is 0 Å². The number of alkyl halides is 4. The highest BCUT2D eigenvalue weighted by atomic mass is 32.1. The summed E-state index contributed by atoms with van der Waals surface area (Å²) in [6.07, 6.45) is 2.06. The Morgan fingerprint density at radius 1 is 1.20 bits per heavy atom. The molecule has 3 N–H and O–H groups in total. The zero-order chi connectivity index (χ0) is 32.7. The average Bonchev–Trinajstić information content (AvgIpc) is 3.78. The summed E-state index contributed by atoms with van der Waals surface area (Å²) < 4.78 is 75.4. The van der Waals surface area contributed by atoms with Gasteiger partial charge in [0.05, 0.1) is 28.3 Å². The van der Waals surface area contributed by atoms with Gasteiger partial charge in [0, 0.05) is 48.4 Å². The summed E-state index contributed by atoms with van der Waals surface area (Å²) >= 11 is 0.769. The molecule has 4 saturated heterocycles. The van der Waals surface area contributed by atoms with Crippen molar-refractivity contribution in [1.82, 2.24) is 20.2 Å². The van der Waals surface area contributed by atoms with Crippen LogP contribution in [-0.4, -0.2) is 72.5 Å². The van der Waals surface area contributed by atoms with Gasteiger partial charge in [0.2, 0.25) is 0 Å². The van der Waals surface area contributed by atoms with Gasteiger partial charge in [-0.3, -0.25) is 4.90 Å². The standard InChI is InChI=1S/C25H22F4N6OS.C7H12FN/c1-3-19(26)21-15(17(9-30)22(31)37-21)6-12-7-20-16(8-18(12)25(27,28)29)23(34-24(33-20)36-2)35-10-13-4-5-14(11-35)32-13;8-6-4-7-2-1-3-9(7)5-6/h3,6-8,13-14,32H,1,4-5,10-11,31H2,2H3;6-7H,1-5H2/b15-6+,21-19-;. The number of piperazine rings is 1. The highest BCUT2D eigenvalue weighted by Crippen LogP contribution is 2.38. The number of hydrogen-bond acceptors (Lipinski definition) is 9. The largest absolute Gasteiger partial charge is 0.467 e. The first-order valence-corrected chi connectivity index (χ1v) is 16.0. The Hall–Kier alpha value is -3.80. The molecule has 6 heterocycles. The molecular weight excluding hydrogens is 625 g/mol. The van der Waals surface area contributed by atoms with E-state index in [1.807, 2.05) is 11.0 Å². The third-order valence-corrected chi connectivity index (χ3v) is 10.1. The molecule has 46 heavy (non-hydrogen) atoms. The van der Waals surface area contributed by atoms with E-state index in [0.717, 1.165) is 55.4 Å². The first-order valence-electron chi connectivity index (χ1n) is 15.2. The fourth-order valence-corrected chi connectivity index (χ4v) is 7.92. The van der Waals surface area contributed by atoms with Crippen LogP contribution in [0.15, 0.2) is 24.8 Å². The number of nitrogen functional groups attached to an aromatic ring is 1. The number of methoxy groups -OCH3 is 1. The van der Waals surface area contributed by atoms with Crippen molar-refractivity contribution >= 4 is 45.0 Å². The highest BCUT2D eigenvalue weighted by molar-refractivity contribution is 7.14. The molecule has 0 radical (unpaired) electrons. The number of rotatable bonds is 4. The number of halogens is 5. The van der Waals surface area contributed by atoms with Crippen LogP contribution in [0.3, 0.4) is 0 Å². The van der Waals surface area contributed by atoms with Crippen molar-refractivity contribution in [1.29, 1.82) is 5.26 Å². The number of ether oxygens (including phenoxy) is 1. The zero-order valence-corrected chi connectivity index (χ0v) is 26.0. The Balaban J connectivity index is 0.000000352. The Bertz CT molecular complexity index is 1800.